The van der Waals surface area contributed by atoms with Crippen molar-refractivity contribution in [3.8, 4) is 0 Å². The third-order valence-corrected chi connectivity index (χ3v) is 2.59. The molecule has 1 fully saturated rings. The molecule has 2 rings (SSSR count). The molecule has 0 aromatic carbocycles. The lowest BCUT2D eigenvalue weighted by molar-refractivity contribution is 0.371. The smallest absolute Gasteiger partial charge is 0.151 e. The van der Waals surface area contributed by atoms with E-state index in [1.165, 1.54) is 0 Å². The largest absolute Gasteiger partial charge is 0.351 e. The van der Waals surface area contributed by atoms with Gasteiger partial charge in [-0.2, -0.15) is 17.7 Å². The summed E-state index contributed by atoms with van der Waals surface area (Å²) in [5.41, 5.74) is 0. The molecular weight excluding hydrogens is 189 g/mol. The van der Waals surface area contributed by atoms with Gasteiger partial charge >= 0.3 is 0 Å². The molecule has 0 aliphatic carbocycles. The maximum Gasteiger partial charge on any atom is 0.151 e. The second-order valence-corrected chi connectivity index (χ2v) is 3.73. The first-order chi connectivity index (χ1) is 6.27. The van der Waals surface area contributed by atoms with Crippen LogP contribution >= 0.6 is 12.6 Å². The summed E-state index contributed by atoms with van der Waals surface area (Å²) < 4.78 is 13.1. The highest BCUT2D eigenvalue weighted by atomic mass is 32.1. The fraction of sp³-hybridized carbons (Fsp3) is 0.500. The van der Waals surface area contributed by atoms with Crippen molar-refractivity contribution in [2.45, 2.75) is 11.4 Å². The van der Waals surface area contributed by atoms with Gasteiger partial charge in [0, 0.05) is 12.7 Å². The Morgan fingerprint density at radius 2 is 2.38 bits per heavy atom. The van der Waals surface area contributed by atoms with Crippen molar-refractivity contribution >= 4 is 18.4 Å². The molecule has 0 amide bonds. The van der Waals surface area contributed by atoms with Crippen LogP contribution in [0.15, 0.2) is 18.3 Å². The number of aromatic nitrogens is 2. The molecule has 3 nitrogen and oxygen atoms in total. The first kappa shape index (κ1) is 8.74. The van der Waals surface area contributed by atoms with E-state index in [2.05, 4.69) is 22.8 Å². The molecule has 1 saturated heterocycles. The standard InChI is InChI=1S/C8H10FN3S/c9-6-4-12(5-7(6)13)8-2-1-3-10-11-8/h1-3,6-7,13H,4-5H2/t6-,7?/m0/s1. The first-order valence-corrected chi connectivity index (χ1v) is 4.64. The Bertz CT molecular complexity index is 272. The zero-order valence-corrected chi connectivity index (χ0v) is 7.86. The number of alkyl halides is 1. The minimum Gasteiger partial charge on any atom is -0.351 e. The van der Waals surface area contributed by atoms with Gasteiger partial charge in [0.05, 0.1) is 11.8 Å². The molecule has 1 aliphatic rings. The third kappa shape index (κ3) is 1.75. The third-order valence-electron chi connectivity index (χ3n) is 2.10. The molecule has 2 heterocycles. The number of nitrogens with zero attached hydrogens (tertiary/aromatic N) is 3. The van der Waals surface area contributed by atoms with E-state index in [-0.39, 0.29) is 5.25 Å². The Kier molecular flexibility index (Phi) is 2.35. The van der Waals surface area contributed by atoms with Crippen molar-refractivity contribution in [1.29, 1.82) is 0 Å². The van der Waals surface area contributed by atoms with E-state index in [4.69, 9.17) is 0 Å². The summed E-state index contributed by atoms with van der Waals surface area (Å²) in [5.74, 6) is 0.724. The lowest BCUT2D eigenvalue weighted by atomic mass is 10.3. The molecule has 0 radical (unpaired) electrons. The molecule has 1 aromatic heterocycles. The molecule has 0 N–H and O–H groups in total. The van der Waals surface area contributed by atoms with Crippen LogP contribution in [0.3, 0.4) is 0 Å². The summed E-state index contributed by atoms with van der Waals surface area (Å²) >= 11 is 4.13. The van der Waals surface area contributed by atoms with Crippen LogP contribution in [0.5, 0.6) is 0 Å². The van der Waals surface area contributed by atoms with Crippen molar-refractivity contribution in [1.82, 2.24) is 10.2 Å². The summed E-state index contributed by atoms with van der Waals surface area (Å²) in [5, 5.41) is 7.44. The lowest BCUT2D eigenvalue weighted by Crippen LogP contribution is -2.21. The van der Waals surface area contributed by atoms with E-state index < -0.39 is 6.17 Å². The number of hydrogen-bond acceptors (Lipinski definition) is 4. The average molecular weight is 199 g/mol. The Balaban J connectivity index is 2.12. The Hall–Kier alpha value is -0.840. The molecule has 0 saturated carbocycles. The van der Waals surface area contributed by atoms with Gasteiger partial charge in [0.2, 0.25) is 0 Å². The minimum atomic E-state index is -0.870. The molecule has 5 heteroatoms. The summed E-state index contributed by atoms with van der Waals surface area (Å²) in [6, 6.07) is 3.62. The van der Waals surface area contributed by atoms with E-state index in [0.717, 1.165) is 5.82 Å². The highest BCUT2D eigenvalue weighted by molar-refractivity contribution is 7.81. The average Bonchev–Trinajstić information content (AvgIpc) is 2.49. The van der Waals surface area contributed by atoms with Crippen molar-refractivity contribution in [3.05, 3.63) is 18.3 Å². The van der Waals surface area contributed by atoms with Crippen LogP contribution in [0.25, 0.3) is 0 Å². The van der Waals surface area contributed by atoms with Gasteiger partial charge in [-0.05, 0) is 12.1 Å². The summed E-state index contributed by atoms with van der Waals surface area (Å²) in [7, 11) is 0. The van der Waals surface area contributed by atoms with Crippen molar-refractivity contribution < 1.29 is 4.39 Å². The van der Waals surface area contributed by atoms with Gasteiger partial charge in [0.15, 0.2) is 5.82 Å². The van der Waals surface area contributed by atoms with Crippen LogP contribution in [0.4, 0.5) is 10.2 Å². The number of halogens is 1. The maximum atomic E-state index is 13.1. The van der Waals surface area contributed by atoms with Gasteiger partial charge in [-0.25, -0.2) is 4.39 Å². The predicted molar refractivity (Wildman–Crippen MR) is 51.9 cm³/mol. The molecule has 0 bridgehead atoms. The van der Waals surface area contributed by atoms with Crippen molar-refractivity contribution in [2.24, 2.45) is 0 Å². The van der Waals surface area contributed by atoms with Crippen LogP contribution in [0.1, 0.15) is 0 Å². The zero-order valence-electron chi connectivity index (χ0n) is 6.97. The topological polar surface area (TPSA) is 29.0 Å². The van der Waals surface area contributed by atoms with Gasteiger partial charge in [-0.1, -0.05) is 0 Å². The molecule has 1 unspecified atom stereocenters. The van der Waals surface area contributed by atoms with Crippen LogP contribution < -0.4 is 4.90 Å². The van der Waals surface area contributed by atoms with Crippen molar-refractivity contribution in [3.63, 3.8) is 0 Å². The van der Waals surface area contributed by atoms with Gasteiger partial charge in [-0.15, -0.1) is 5.10 Å². The fourth-order valence-electron chi connectivity index (χ4n) is 1.40. The van der Waals surface area contributed by atoms with E-state index >= 15 is 0 Å². The Morgan fingerprint density at radius 3 is 2.92 bits per heavy atom. The van der Waals surface area contributed by atoms with Crippen molar-refractivity contribution in [2.75, 3.05) is 18.0 Å². The normalized spacial score (nSPS) is 28.0. The monoisotopic (exact) mass is 199 g/mol. The van der Waals surface area contributed by atoms with E-state index in [1.807, 2.05) is 11.0 Å². The molecule has 70 valence electrons. The maximum absolute atomic E-state index is 13.1. The first-order valence-electron chi connectivity index (χ1n) is 4.12. The molecule has 2 atom stereocenters. The predicted octanol–water partition coefficient (Wildman–Crippen LogP) is 0.933. The van der Waals surface area contributed by atoms with E-state index in [0.29, 0.717) is 13.1 Å². The van der Waals surface area contributed by atoms with Crippen LogP contribution in [-0.2, 0) is 0 Å². The SMILES string of the molecule is F[C@H]1CN(c2cccnn2)CC1S. The lowest BCUT2D eigenvalue weighted by Gasteiger charge is -2.14. The highest BCUT2D eigenvalue weighted by Crippen LogP contribution is 2.22. The van der Waals surface area contributed by atoms with E-state index in [1.54, 1.807) is 12.3 Å². The van der Waals surface area contributed by atoms with Gasteiger partial charge < -0.3 is 4.90 Å². The quantitative estimate of drug-likeness (QED) is 0.682. The summed E-state index contributed by atoms with van der Waals surface area (Å²) in [4.78, 5) is 1.86. The van der Waals surface area contributed by atoms with E-state index in [9.17, 15) is 4.39 Å². The zero-order chi connectivity index (χ0) is 9.26. The number of rotatable bonds is 1. The minimum absolute atomic E-state index is 0.206. The van der Waals surface area contributed by atoms with Crippen LogP contribution in [0, 0.1) is 0 Å². The van der Waals surface area contributed by atoms with Crippen LogP contribution in [-0.4, -0.2) is 34.7 Å². The van der Waals surface area contributed by atoms with Gasteiger partial charge in [-0.3, -0.25) is 0 Å². The Labute approximate surface area is 81.4 Å². The second kappa shape index (κ2) is 3.49. The molecule has 1 aliphatic heterocycles. The molecular formula is C8H10FN3S. The number of anilines is 1. The fourth-order valence-corrected chi connectivity index (χ4v) is 1.69. The Morgan fingerprint density at radius 1 is 1.54 bits per heavy atom. The van der Waals surface area contributed by atoms with Crippen LogP contribution in [0.2, 0.25) is 0 Å². The highest BCUT2D eigenvalue weighted by Gasteiger charge is 2.30. The second-order valence-electron chi connectivity index (χ2n) is 3.07. The molecule has 13 heavy (non-hydrogen) atoms. The summed E-state index contributed by atoms with van der Waals surface area (Å²) in [6.07, 6.45) is 0.732. The van der Waals surface area contributed by atoms with Gasteiger partial charge in [0.1, 0.15) is 6.17 Å². The van der Waals surface area contributed by atoms with Gasteiger partial charge in [0.25, 0.3) is 0 Å². The summed E-state index contributed by atoms with van der Waals surface area (Å²) in [6.45, 7) is 0.968. The number of hydrogen-bond donors (Lipinski definition) is 1. The number of thiol groups is 1. The molecule has 0 spiro atoms. The molecule has 1 aromatic rings.